The van der Waals surface area contributed by atoms with Crippen LogP contribution in [-0.2, 0) is 6.54 Å². The van der Waals surface area contributed by atoms with E-state index in [0.717, 1.165) is 17.3 Å². The van der Waals surface area contributed by atoms with Crippen LogP contribution in [0.2, 0.25) is 0 Å². The Morgan fingerprint density at radius 1 is 1.17 bits per heavy atom. The van der Waals surface area contributed by atoms with Gasteiger partial charge >= 0.3 is 0 Å². The molecule has 2 rings (SSSR count). The number of hydrogen-bond acceptors (Lipinski definition) is 2. The number of likely N-dealkylation sites (N-methyl/N-ethyl adjacent to an activating group) is 1. The fourth-order valence-electron chi connectivity index (χ4n) is 2.14. The number of nitrogens with zero attached hydrogens (tertiary/aromatic N) is 2. The summed E-state index contributed by atoms with van der Waals surface area (Å²) >= 11 is 0. The van der Waals surface area contributed by atoms with Crippen molar-refractivity contribution in [2.75, 3.05) is 27.2 Å². The van der Waals surface area contributed by atoms with E-state index < -0.39 is 0 Å². The van der Waals surface area contributed by atoms with Gasteiger partial charge in [0.05, 0.1) is 6.54 Å². The molecule has 5 heteroatoms. The molecule has 0 amide bonds. The monoisotopic (exact) mass is 315 g/mol. The molecule has 0 aliphatic rings. The molecular weight excluding hydrogens is 293 g/mol. The van der Waals surface area contributed by atoms with Gasteiger partial charge in [-0.25, -0.2) is 4.39 Å². The highest BCUT2D eigenvalue weighted by Crippen LogP contribution is 2.08. The maximum atomic E-state index is 13.2. The minimum atomic E-state index is -0.232. The number of benzene rings is 2. The first-order valence-corrected chi connectivity index (χ1v) is 7.53. The Bertz CT molecular complexity index is 631. The first-order valence-electron chi connectivity index (χ1n) is 7.53. The van der Waals surface area contributed by atoms with Crippen LogP contribution < -0.4 is 10.1 Å². The predicted molar refractivity (Wildman–Crippen MR) is 91.2 cm³/mol. The summed E-state index contributed by atoms with van der Waals surface area (Å²) in [7, 11) is 3.66. The molecule has 23 heavy (non-hydrogen) atoms. The van der Waals surface area contributed by atoms with Crippen LogP contribution in [0.3, 0.4) is 0 Å². The molecule has 122 valence electrons. The fourth-order valence-corrected chi connectivity index (χ4v) is 2.14. The predicted octanol–water partition coefficient (Wildman–Crippen LogP) is 2.91. The van der Waals surface area contributed by atoms with Gasteiger partial charge < -0.3 is 15.0 Å². The smallest absolute Gasteiger partial charge is 0.193 e. The lowest BCUT2D eigenvalue weighted by molar-refractivity contribution is 0.281. The maximum absolute atomic E-state index is 13.2. The minimum Gasteiger partial charge on any atom is -0.492 e. The van der Waals surface area contributed by atoms with Gasteiger partial charge in [0.25, 0.3) is 0 Å². The molecule has 0 heterocycles. The summed E-state index contributed by atoms with van der Waals surface area (Å²) in [6, 6.07) is 16.2. The Labute approximate surface area is 136 Å². The van der Waals surface area contributed by atoms with Crippen LogP contribution in [-0.4, -0.2) is 38.1 Å². The van der Waals surface area contributed by atoms with E-state index in [9.17, 15) is 4.39 Å². The molecule has 0 atom stereocenters. The van der Waals surface area contributed by atoms with Gasteiger partial charge in [-0.15, -0.1) is 0 Å². The zero-order valence-corrected chi connectivity index (χ0v) is 13.5. The van der Waals surface area contributed by atoms with Crippen molar-refractivity contribution in [1.82, 2.24) is 10.2 Å². The van der Waals surface area contributed by atoms with Gasteiger partial charge in [0.2, 0.25) is 0 Å². The molecule has 0 saturated heterocycles. The second-order valence-corrected chi connectivity index (χ2v) is 5.11. The SMILES string of the molecule is CN=C(NCc1cccc(F)c1)N(C)CCOc1ccccc1. The molecule has 2 aromatic rings. The molecular formula is C18H22FN3O. The maximum Gasteiger partial charge on any atom is 0.193 e. The third-order valence-electron chi connectivity index (χ3n) is 3.35. The van der Waals surface area contributed by atoms with Gasteiger partial charge in [-0.1, -0.05) is 30.3 Å². The molecule has 0 radical (unpaired) electrons. The number of para-hydroxylation sites is 1. The van der Waals surface area contributed by atoms with Gasteiger partial charge in [0, 0.05) is 20.6 Å². The lowest BCUT2D eigenvalue weighted by Gasteiger charge is -2.22. The molecule has 0 bridgehead atoms. The van der Waals surface area contributed by atoms with Gasteiger partial charge in [-0.3, -0.25) is 4.99 Å². The quantitative estimate of drug-likeness (QED) is 0.658. The molecule has 0 unspecified atom stereocenters. The number of rotatable bonds is 6. The van der Waals surface area contributed by atoms with Crippen molar-refractivity contribution in [3.05, 3.63) is 66.0 Å². The van der Waals surface area contributed by atoms with Crippen LogP contribution in [0.4, 0.5) is 4.39 Å². The first-order chi connectivity index (χ1) is 11.2. The highest BCUT2D eigenvalue weighted by Gasteiger charge is 2.06. The average molecular weight is 315 g/mol. The van der Waals surface area contributed by atoms with Crippen LogP contribution in [0.1, 0.15) is 5.56 Å². The Balaban J connectivity index is 1.78. The van der Waals surface area contributed by atoms with Crippen molar-refractivity contribution in [1.29, 1.82) is 0 Å². The van der Waals surface area contributed by atoms with Crippen molar-refractivity contribution in [3.63, 3.8) is 0 Å². The lowest BCUT2D eigenvalue weighted by atomic mass is 10.2. The molecule has 2 aromatic carbocycles. The number of guanidine groups is 1. The van der Waals surface area contributed by atoms with E-state index in [1.165, 1.54) is 12.1 Å². The zero-order valence-electron chi connectivity index (χ0n) is 13.5. The number of nitrogens with one attached hydrogen (secondary N) is 1. The van der Waals surface area contributed by atoms with Crippen molar-refractivity contribution in [2.24, 2.45) is 4.99 Å². The van der Waals surface area contributed by atoms with Crippen LogP contribution in [0, 0.1) is 5.82 Å². The summed E-state index contributed by atoms with van der Waals surface area (Å²) in [6.45, 7) is 1.77. The molecule has 1 N–H and O–H groups in total. The highest BCUT2D eigenvalue weighted by molar-refractivity contribution is 5.79. The van der Waals surface area contributed by atoms with E-state index in [1.54, 1.807) is 13.1 Å². The summed E-state index contributed by atoms with van der Waals surface area (Å²) in [6.07, 6.45) is 0. The van der Waals surface area contributed by atoms with Crippen molar-refractivity contribution < 1.29 is 9.13 Å². The average Bonchev–Trinajstić information content (AvgIpc) is 2.56. The number of ether oxygens (including phenoxy) is 1. The second-order valence-electron chi connectivity index (χ2n) is 5.11. The largest absolute Gasteiger partial charge is 0.492 e. The first kappa shape index (κ1) is 16.8. The fraction of sp³-hybridized carbons (Fsp3) is 0.278. The number of hydrogen-bond donors (Lipinski definition) is 1. The molecule has 0 saturated carbocycles. The van der Waals surface area contributed by atoms with E-state index in [1.807, 2.05) is 48.3 Å². The van der Waals surface area contributed by atoms with Crippen molar-refractivity contribution >= 4 is 5.96 Å². The van der Waals surface area contributed by atoms with E-state index >= 15 is 0 Å². The molecule has 0 spiro atoms. The third-order valence-corrected chi connectivity index (χ3v) is 3.35. The van der Waals surface area contributed by atoms with Crippen LogP contribution in [0.15, 0.2) is 59.6 Å². The Morgan fingerprint density at radius 2 is 1.96 bits per heavy atom. The lowest BCUT2D eigenvalue weighted by Crippen LogP contribution is -2.40. The van der Waals surface area contributed by atoms with Crippen LogP contribution >= 0.6 is 0 Å². The summed E-state index contributed by atoms with van der Waals surface area (Å²) in [5, 5.41) is 3.22. The van der Waals surface area contributed by atoms with E-state index in [-0.39, 0.29) is 5.82 Å². The molecule has 0 fully saturated rings. The second kappa shape index (κ2) is 8.78. The normalized spacial score (nSPS) is 11.2. The Kier molecular flexibility index (Phi) is 6.41. The van der Waals surface area contributed by atoms with E-state index in [4.69, 9.17) is 4.74 Å². The Morgan fingerprint density at radius 3 is 2.65 bits per heavy atom. The number of halogens is 1. The van der Waals surface area contributed by atoms with Gasteiger partial charge in [-0.2, -0.15) is 0 Å². The zero-order chi connectivity index (χ0) is 16.5. The summed E-state index contributed by atoms with van der Waals surface area (Å²) in [4.78, 5) is 6.21. The van der Waals surface area contributed by atoms with Gasteiger partial charge in [-0.05, 0) is 29.8 Å². The standard InChI is InChI=1S/C18H22FN3O/c1-20-18(21-14-15-7-6-8-16(19)13-15)22(2)11-12-23-17-9-4-3-5-10-17/h3-10,13H,11-12,14H2,1-2H3,(H,20,21). The third kappa shape index (κ3) is 5.62. The molecule has 0 aliphatic carbocycles. The van der Waals surface area contributed by atoms with Crippen LogP contribution in [0.5, 0.6) is 5.75 Å². The van der Waals surface area contributed by atoms with Gasteiger partial charge in [0.1, 0.15) is 18.2 Å². The summed E-state index contributed by atoms with van der Waals surface area (Å²) < 4.78 is 18.9. The van der Waals surface area contributed by atoms with Crippen molar-refractivity contribution in [2.45, 2.75) is 6.54 Å². The topological polar surface area (TPSA) is 36.9 Å². The van der Waals surface area contributed by atoms with Gasteiger partial charge in [0.15, 0.2) is 5.96 Å². The molecule has 4 nitrogen and oxygen atoms in total. The summed E-state index contributed by atoms with van der Waals surface area (Å²) in [5.41, 5.74) is 0.875. The summed E-state index contributed by atoms with van der Waals surface area (Å²) in [5.74, 6) is 1.36. The molecule has 0 aliphatic heterocycles. The highest BCUT2D eigenvalue weighted by atomic mass is 19.1. The minimum absolute atomic E-state index is 0.232. The van der Waals surface area contributed by atoms with Crippen molar-refractivity contribution in [3.8, 4) is 5.75 Å². The number of aliphatic imine (C=N–C) groups is 1. The van der Waals surface area contributed by atoms with Crippen LogP contribution in [0.25, 0.3) is 0 Å². The Hall–Kier alpha value is -2.56. The van der Waals surface area contributed by atoms with E-state index in [2.05, 4.69) is 10.3 Å². The molecule has 0 aromatic heterocycles. The van der Waals surface area contributed by atoms with E-state index in [0.29, 0.717) is 19.7 Å².